The zero-order chi connectivity index (χ0) is 20.4. The zero-order valence-corrected chi connectivity index (χ0v) is 16.4. The molecule has 0 aliphatic heterocycles. The molecule has 0 fully saturated rings. The average Bonchev–Trinajstić information content (AvgIpc) is 3.17. The normalized spacial score (nSPS) is 11.0. The highest BCUT2D eigenvalue weighted by molar-refractivity contribution is 6.30. The summed E-state index contributed by atoms with van der Waals surface area (Å²) in [7, 11) is 0. The number of carbonyl (C=O) groups excluding carboxylic acids is 1. The Labute approximate surface area is 171 Å². The summed E-state index contributed by atoms with van der Waals surface area (Å²) in [5, 5.41) is 12.1. The van der Waals surface area contributed by atoms with Gasteiger partial charge in [0.1, 0.15) is 17.9 Å². The van der Waals surface area contributed by atoms with Crippen LogP contribution in [0.15, 0.2) is 65.5 Å². The predicted octanol–water partition coefficient (Wildman–Crippen LogP) is 2.84. The van der Waals surface area contributed by atoms with Crippen LogP contribution in [0.1, 0.15) is 11.4 Å². The topological polar surface area (TPSA) is 81.3 Å². The minimum absolute atomic E-state index is 0.178. The van der Waals surface area contributed by atoms with Crippen molar-refractivity contribution in [3.05, 3.63) is 87.4 Å². The lowest BCUT2D eigenvalue weighted by Crippen LogP contribution is -2.34. The second kappa shape index (κ2) is 7.89. The Kier molecular flexibility index (Phi) is 5.14. The molecule has 0 bridgehead atoms. The number of carbonyl (C=O) groups is 1. The van der Waals surface area contributed by atoms with Gasteiger partial charge in [-0.2, -0.15) is 10.2 Å². The van der Waals surface area contributed by atoms with Gasteiger partial charge in [0.2, 0.25) is 5.91 Å². The molecule has 4 aromatic rings. The Bertz CT molecular complexity index is 1250. The second-order valence-corrected chi connectivity index (χ2v) is 7.05. The number of halogens is 1. The van der Waals surface area contributed by atoms with Crippen LogP contribution in [0.25, 0.3) is 16.8 Å². The number of nitrogens with zero attached hydrogens (tertiary/aromatic N) is 4. The molecule has 1 N–H and O–H groups in total. The van der Waals surface area contributed by atoms with E-state index in [1.165, 1.54) is 4.52 Å². The van der Waals surface area contributed by atoms with Crippen molar-refractivity contribution in [3.63, 3.8) is 0 Å². The molecule has 0 radical (unpaired) electrons. The van der Waals surface area contributed by atoms with Gasteiger partial charge in [-0.05, 0) is 30.7 Å². The van der Waals surface area contributed by atoms with Gasteiger partial charge in [-0.25, -0.2) is 9.20 Å². The summed E-state index contributed by atoms with van der Waals surface area (Å²) >= 11 is 5.95. The Hall–Kier alpha value is -3.45. The summed E-state index contributed by atoms with van der Waals surface area (Å²) < 4.78 is 2.67. The smallest absolute Gasteiger partial charge is 0.293 e. The molecule has 29 heavy (non-hydrogen) atoms. The maximum atomic E-state index is 12.8. The quantitative estimate of drug-likeness (QED) is 0.551. The van der Waals surface area contributed by atoms with Crippen LogP contribution in [-0.4, -0.2) is 25.3 Å². The van der Waals surface area contributed by atoms with Gasteiger partial charge >= 0.3 is 0 Å². The third-order valence-electron chi connectivity index (χ3n) is 4.48. The van der Waals surface area contributed by atoms with E-state index in [0.717, 1.165) is 15.8 Å². The Morgan fingerprint density at radius 2 is 1.86 bits per heavy atom. The fourth-order valence-corrected chi connectivity index (χ4v) is 3.28. The van der Waals surface area contributed by atoms with Crippen molar-refractivity contribution < 1.29 is 4.79 Å². The van der Waals surface area contributed by atoms with Gasteiger partial charge in [0.15, 0.2) is 0 Å². The van der Waals surface area contributed by atoms with Gasteiger partial charge in [0.25, 0.3) is 5.56 Å². The lowest BCUT2D eigenvalue weighted by atomic mass is 10.1. The van der Waals surface area contributed by atoms with Crippen LogP contribution in [0, 0.1) is 6.92 Å². The minimum atomic E-state index is -0.372. The Balaban J connectivity index is 1.57. The van der Waals surface area contributed by atoms with Crippen LogP contribution in [0.5, 0.6) is 0 Å². The number of fused-ring (bicyclic) bond motifs is 1. The molecule has 7 nitrogen and oxygen atoms in total. The number of nitrogens with one attached hydrogen (secondary N) is 1. The standard InChI is InChI=1S/C21H18ClN5O2/c1-14-24-26(13-20(28)23-12-15-6-5-9-17(22)10-15)21(29)19-11-18(25-27(14)19)16-7-3-2-4-8-16/h2-11H,12-13H2,1H3,(H,23,28). The van der Waals surface area contributed by atoms with Crippen molar-refractivity contribution in [2.75, 3.05) is 0 Å². The first-order valence-corrected chi connectivity index (χ1v) is 9.43. The molecule has 1 amide bonds. The van der Waals surface area contributed by atoms with Crippen LogP contribution in [0.3, 0.4) is 0 Å². The van der Waals surface area contributed by atoms with Crippen LogP contribution >= 0.6 is 11.6 Å². The molecule has 0 aliphatic rings. The monoisotopic (exact) mass is 407 g/mol. The van der Waals surface area contributed by atoms with E-state index in [9.17, 15) is 9.59 Å². The third-order valence-corrected chi connectivity index (χ3v) is 4.71. The lowest BCUT2D eigenvalue weighted by Gasteiger charge is -2.08. The van der Waals surface area contributed by atoms with Gasteiger partial charge in [-0.1, -0.05) is 54.1 Å². The number of hydrogen-bond donors (Lipinski definition) is 1. The molecule has 0 atom stereocenters. The molecule has 2 aromatic carbocycles. The van der Waals surface area contributed by atoms with Crippen molar-refractivity contribution in [1.29, 1.82) is 0 Å². The lowest BCUT2D eigenvalue weighted by molar-refractivity contribution is -0.122. The minimum Gasteiger partial charge on any atom is -0.350 e. The van der Waals surface area contributed by atoms with Gasteiger partial charge in [0, 0.05) is 17.1 Å². The molecule has 146 valence electrons. The van der Waals surface area contributed by atoms with E-state index >= 15 is 0 Å². The molecule has 0 saturated heterocycles. The van der Waals surface area contributed by atoms with Crippen molar-refractivity contribution in [2.45, 2.75) is 20.0 Å². The van der Waals surface area contributed by atoms with Gasteiger partial charge in [-0.3, -0.25) is 9.59 Å². The SMILES string of the molecule is Cc1nn(CC(=O)NCc2cccc(Cl)c2)c(=O)c2cc(-c3ccccc3)nn12. The third kappa shape index (κ3) is 4.05. The fourth-order valence-electron chi connectivity index (χ4n) is 3.07. The first kappa shape index (κ1) is 18.9. The molecule has 0 unspecified atom stereocenters. The maximum Gasteiger partial charge on any atom is 0.293 e. The number of benzene rings is 2. The van der Waals surface area contributed by atoms with Crippen LogP contribution in [0.4, 0.5) is 0 Å². The van der Waals surface area contributed by atoms with Crippen molar-refractivity contribution >= 4 is 23.0 Å². The van der Waals surface area contributed by atoms with E-state index < -0.39 is 0 Å². The maximum absolute atomic E-state index is 12.8. The number of aryl methyl sites for hydroxylation is 1. The number of hydrogen-bond acceptors (Lipinski definition) is 4. The van der Waals surface area contributed by atoms with E-state index in [1.807, 2.05) is 42.5 Å². The fraction of sp³-hybridized carbons (Fsp3) is 0.143. The largest absolute Gasteiger partial charge is 0.350 e. The number of aromatic nitrogens is 4. The van der Waals surface area contributed by atoms with Crippen LogP contribution < -0.4 is 10.9 Å². The van der Waals surface area contributed by atoms with E-state index in [2.05, 4.69) is 15.5 Å². The predicted molar refractivity (Wildman–Crippen MR) is 111 cm³/mol. The molecule has 0 spiro atoms. The highest BCUT2D eigenvalue weighted by Gasteiger charge is 2.14. The zero-order valence-electron chi connectivity index (χ0n) is 15.7. The first-order valence-electron chi connectivity index (χ1n) is 9.05. The summed E-state index contributed by atoms with van der Waals surface area (Å²) in [6.45, 7) is 1.89. The van der Waals surface area contributed by atoms with E-state index in [4.69, 9.17) is 11.6 Å². The summed E-state index contributed by atoms with van der Waals surface area (Å²) in [6.07, 6.45) is 0. The molecule has 4 rings (SSSR count). The molecule has 0 aliphatic carbocycles. The molecule has 2 aromatic heterocycles. The summed E-state index contributed by atoms with van der Waals surface area (Å²) in [4.78, 5) is 25.2. The molecule has 0 saturated carbocycles. The van der Waals surface area contributed by atoms with E-state index in [0.29, 0.717) is 28.6 Å². The molecular formula is C21H18ClN5O2. The van der Waals surface area contributed by atoms with E-state index in [1.54, 1.807) is 25.1 Å². The second-order valence-electron chi connectivity index (χ2n) is 6.61. The Morgan fingerprint density at radius 3 is 2.62 bits per heavy atom. The van der Waals surface area contributed by atoms with Crippen molar-refractivity contribution in [1.82, 2.24) is 24.7 Å². The van der Waals surface area contributed by atoms with Gasteiger partial charge in [0.05, 0.1) is 5.69 Å². The van der Waals surface area contributed by atoms with Gasteiger partial charge < -0.3 is 5.32 Å². The highest BCUT2D eigenvalue weighted by atomic mass is 35.5. The van der Waals surface area contributed by atoms with Crippen LogP contribution in [0.2, 0.25) is 5.02 Å². The molecular weight excluding hydrogens is 390 g/mol. The Morgan fingerprint density at radius 1 is 1.07 bits per heavy atom. The summed E-state index contributed by atoms with van der Waals surface area (Å²) in [5.74, 6) is 0.204. The summed E-state index contributed by atoms with van der Waals surface area (Å²) in [6, 6.07) is 18.5. The number of amides is 1. The first-order chi connectivity index (χ1) is 14.0. The number of rotatable bonds is 5. The van der Waals surface area contributed by atoms with E-state index in [-0.39, 0.29) is 18.0 Å². The molecule has 2 heterocycles. The highest BCUT2D eigenvalue weighted by Crippen LogP contribution is 2.18. The van der Waals surface area contributed by atoms with Crippen LogP contribution in [-0.2, 0) is 17.9 Å². The van der Waals surface area contributed by atoms with Crippen molar-refractivity contribution in [2.24, 2.45) is 0 Å². The van der Waals surface area contributed by atoms with Crippen molar-refractivity contribution in [3.8, 4) is 11.3 Å². The average molecular weight is 408 g/mol. The molecule has 8 heteroatoms. The summed E-state index contributed by atoms with van der Waals surface area (Å²) in [5.41, 5.74) is 2.46. The van der Waals surface area contributed by atoms with Gasteiger partial charge in [-0.15, -0.1) is 0 Å².